The van der Waals surface area contributed by atoms with Gasteiger partial charge in [-0.05, 0) is 37.3 Å². The molecule has 2 aromatic carbocycles. The number of ketones is 2. The van der Waals surface area contributed by atoms with E-state index in [-0.39, 0.29) is 11.3 Å². The van der Waals surface area contributed by atoms with Crippen LogP contribution in [0.2, 0.25) is 0 Å². The summed E-state index contributed by atoms with van der Waals surface area (Å²) >= 11 is 0. The molecule has 0 atom stereocenters. The number of carbonyl (C=O) groups excluding carboxylic acids is 2. The Morgan fingerprint density at radius 1 is 1.10 bits per heavy atom. The Morgan fingerprint density at radius 2 is 1.86 bits per heavy atom. The first-order valence-electron chi connectivity index (χ1n) is 6.19. The lowest BCUT2D eigenvalue weighted by molar-refractivity contribution is 0.0917. The van der Waals surface area contributed by atoms with Crippen molar-refractivity contribution in [2.45, 2.75) is 6.92 Å². The van der Waals surface area contributed by atoms with Gasteiger partial charge >= 0.3 is 0 Å². The van der Waals surface area contributed by atoms with E-state index < -0.39 is 24.0 Å². The van der Waals surface area contributed by atoms with Crippen LogP contribution in [0, 0.1) is 11.6 Å². The monoisotopic (exact) mass is 290 g/mol. The lowest BCUT2D eigenvalue weighted by Gasteiger charge is -2.07. The number of ether oxygens (including phenoxy) is 1. The Kier molecular flexibility index (Phi) is 4.42. The molecule has 0 bridgehead atoms. The molecule has 0 radical (unpaired) electrons. The van der Waals surface area contributed by atoms with Gasteiger partial charge in [0.1, 0.15) is 17.4 Å². The van der Waals surface area contributed by atoms with Crippen LogP contribution in [0.15, 0.2) is 42.5 Å². The minimum atomic E-state index is -0.803. The fourth-order valence-corrected chi connectivity index (χ4v) is 1.74. The molecule has 108 valence electrons. The minimum Gasteiger partial charge on any atom is -0.485 e. The molecule has 0 spiro atoms. The number of carbonyl (C=O) groups is 2. The fraction of sp³-hybridized carbons (Fsp3) is 0.125. The van der Waals surface area contributed by atoms with Gasteiger partial charge in [-0.15, -0.1) is 0 Å². The molecule has 0 aliphatic carbocycles. The van der Waals surface area contributed by atoms with E-state index in [2.05, 4.69) is 0 Å². The zero-order valence-electron chi connectivity index (χ0n) is 11.2. The van der Waals surface area contributed by atoms with Crippen molar-refractivity contribution in [1.29, 1.82) is 0 Å². The summed E-state index contributed by atoms with van der Waals surface area (Å²) in [5.74, 6) is -2.00. The van der Waals surface area contributed by atoms with Crippen molar-refractivity contribution in [2.24, 2.45) is 0 Å². The molecule has 0 fully saturated rings. The number of hydrogen-bond acceptors (Lipinski definition) is 3. The van der Waals surface area contributed by atoms with Gasteiger partial charge in [0.2, 0.25) is 5.78 Å². The van der Waals surface area contributed by atoms with Crippen LogP contribution in [0.3, 0.4) is 0 Å². The highest BCUT2D eigenvalue weighted by molar-refractivity contribution is 5.97. The van der Waals surface area contributed by atoms with Gasteiger partial charge in [0, 0.05) is 5.56 Å². The summed E-state index contributed by atoms with van der Waals surface area (Å²) in [6.07, 6.45) is 0. The van der Waals surface area contributed by atoms with Crippen LogP contribution < -0.4 is 4.74 Å². The highest BCUT2D eigenvalue weighted by Gasteiger charge is 2.13. The summed E-state index contributed by atoms with van der Waals surface area (Å²) in [7, 11) is 0. The first-order chi connectivity index (χ1) is 9.97. The predicted molar refractivity (Wildman–Crippen MR) is 72.6 cm³/mol. The summed E-state index contributed by atoms with van der Waals surface area (Å²) in [4.78, 5) is 23.0. The zero-order chi connectivity index (χ0) is 15.4. The van der Waals surface area contributed by atoms with Crippen LogP contribution >= 0.6 is 0 Å². The van der Waals surface area contributed by atoms with Gasteiger partial charge in [0.15, 0.2) is 12.4 Å². The Balaban J connectivity index is 2.09. The maximum Gasteiger partial charge on any atom is 0.203 e. The highest BCUT2D eigenvalue weighted by Crippen LogP contribution is 2.15. The molecule has 0 saturated carbocycles. The van der Waals surface area contributed by atoms with Crippen molar-refractivity contribution >= 4 is 11.6 Å². The van der Waals surface area contributed by atoms with Crippen molar-refractivity contribution < 1.29 is 23.1 Å². The van der Waals surface area contributed by atoms with E-state index in [9.17, 15) is 18.4 Å². The molecule has 21 heavy (non-hydrogen) atoms. The molecule has 0 saturated heterocycles. The van der Waals surface area contributed by atoms with Gasteiger partial charge in [0.05, 0.1) is 5.56 Å². The standard InChI is InChI=1S/C16H12F2O3/c1-10(19)11-3-2-4-13(7-11)21-9-16(20)14-8-12(17)5-6-15(14)18/h2-8H,9H2,1H3. The van der Waals surface area contributed by atoms with Crippen molar-refractivity contribution in [3.05, 3.63) is 65.2 Å². The van der Waals surface area contributed by atoms with Crippen molar-refractivity contribution in [1.82, 2.24) is 0 Å². The number of halogens is 2. The molecule has 0 aliphatic rings. The number of benzene rings is 2. The Morgan fingerprint density at radius 3 is 2.57 bits per heavy atom. The van der Waals surface area contributed by atoms with Crippen LogP contribution in [0.1, 0.15) is 27.6 Å². The van der Waals surface area contributed by atoms with Gasteiger partial charge in [-0.2, -0.15) is 0 Å². The van der Waals surface area contributed by atoms with Gasteiger partial charge in [0.25, 0.3) is 0 Å². The van der Waals surface area contributed by atoms with E-state index in [0.717, 1.165) is 18.2 Å². The average Bonchev–Trinajstić information content (AvgIpc) is 2.47. The average molecular weight is 290 g/mol. The molecule has 0 N–H and O–H groups in total. The smallest absolute Gasteiger partial charge is 0.203 e. The number of hydrogen-bond donors (Lipinski definition) is 0. The molecule has 0 aliphatic heterocycles. The third kappa shape index (κ3) is 3.72. The zero-order valence-corrected chi connectivity index (χ0v) is 11.2. The molecule has 3 nitrogen and oxygen atoms in total. The Bertz CT molecular complexity index is 696. The molecule has 0 heterocycles. The van der Waals surface area contributed by atoms with Crippen LogP contribution in [0.25, 0.3) is 0 Å². The van der Waals surface area contributed by atoms with Crippen LogP contribution in [-0.4, -0.2) is 18.2 Å². The molecular weight excluding hydrogens is 278 g/mol. The van der Waals surface area contributed by atoms with Crippen molar-refractivity contribution in [3.63, 3.8) is 0 Å². The largest absolute Gasteiger partial charge is 0.485 e. The predicted octanol–water partition coefficient (Wildman–Crippen LogP) is 3.43. The van der Waals surface area contributed by atoms with Gasteiger partial charge in [-0.1, -0.05) is 12.1 Å². The second-order valence-corrected chi connectivity index (χ2v) is 4.42. The summed E-state index contributed by atoms with van der Waals surface area (Å²) in [6, 6.07) is 8.93. The van der Waals surface area contributed by atoms with Crippen LogP contribution in [-0.2, 0) is 0 Å². The normalized spacial score (nSPS) is 10.2. The lowest BCUT2D eigenvalue weighted by atomic mass is 10.1. The van der Waals surface area contributed by atoms with Crippen molar-refractivity contribution in [2.75, 3.05) is 6.61 Å². The second kappa shape index (κ2) is 6.26. The number of Topliss-reactive ketones (excluding diaryl/α,β-unsaturated/α-hetero) is 2. The summed E-state index contributed by atoms with van der Waals surface area (Å²) in [5, 5.41) is 0. The first kappa shape index (κ1) is 14.8. The Labute approximate surface area is 120 Å². The van der Waals surface area contributed by atoms with Crippen LogP contribution in [0.5, 0.6) is 5.75 Å². The van der Waals surface area contributed by atoms with Crippen molar-refractivity contribution in [3.8, 4) is 5.75 Å². The maximum absolute atomic E-state index is 13.4. The van der Waals surface area contributed by atoms with E-state index in [1.54, 1.807) is 18.2 Å². The minimum absolute atomic E-state index is 0.136. The summed E-state index contributed by atoms with van der Waals surface area (Å²) in [5.41, 5.74) is 0.0783. The van der Waals surface area contributed by atoms with Gasteiger partial charge in [-0.25, -0.2) is 8.78 Å². The fourth-order valence-electron chi connectivity index (χ4n) is 1.74. The van der Waals surface area contributed by atoms with E-state index in [1.165, 1.54) is 13.0 Å². The molecular formula is C16H12F2O3. The summed E-state index contributed by atoms with van der Waals surface area (Å²) in [6.45, 7) is 0.966. The molecule has 2 aromatic rings. The third-order valence-corrected chi connectivity index (χ3v) is 2.84. The topological polar surface area (TPSA) is 43.4 Å². The van der Waals surface area contributed by atoms with Gasteiger partial charge < -0.3 is 4.74 Å². The first-order valence-corrected chi connectivity index (χ1v) is 6.19. The van der Waals surface area contributed by atoms with E-state index in [1.807, 2.05) is 0 Å². The SMILES string of the molecule is CC(=O)c1cccc(OCC(=O)c2cc(F)ccc2F)c1. The van der Waals surface area contributed by atoms with Crippen LogP contribution in [0.4, 0.5) is 8.78 Å². The maximum atomic E-state index is 13.4. The molecule has 0 aromatic heterocycles. The van der Waals surface area contributed by atoms with E-state index >= 15 is 0 Å². The second-order valence-electron chi connectivity index (χ2n) is 4.42. The summed E-state index contributed by atoms with van der Waals surface area (Å²) < 4.78 is 31.7. The van der Waals surface area contributed by atoms with E-state index in [4.69, 9.17) is 4.74 Å². The van der Waals surface area contributed by atoms with E-state index in [0.29, 0.717) is 11.3 Å². The Hall–Kier alpha value is -2.56. The highest BCUT2D eigenvalue weighted by atomic mass is 19.1. The number of rotatable bonds is 5. The molecule has 0 unspecified atom stereocenters. The molecule has 0 amide bonds. The molecule has 2 rings (SSSR count). The lowest BCUT2D eigenvalue weighted by Crippen LogP contribution is -2.13. The molecule has 5 heteroatoms. The third-order valence-electron chi connectivity index (χ3n) is 2.84. The quantitative estimate of drug-likeness (QED) is 0.792. The van der Waals surface area contributed by atoms with Gasteiger partial charge in [-0.3, -0.25) is 9.59 Å².